The van der Waals surface area contributed by atoms with Gasteiger partial charge in [-0.1, -0.05) is 74.0 Å². The molecule has 0 bridgehead atoms. The topological polar surface area (TPSA) is 54.3 Å². The molecule has 1 fully saturated rings. The number of carbonyl (C=O) groups is 2. The average Bonchev–Trinajstić information content (AvgIpc) is 3.19. The van der Waals surface area contributed by atoms with Gasteiger partial charge in [-0.05, 0) is 60.5 Å². The number of nitrogens with zero attached hydrogens (tertiary/aromatic N) is 2. The van der Waals surface area contributed by atoms with E-state index < -0.39 is 11.8 Å². The molecule has 3 aromatic carbocycles. The summed E-state index contributed by atoms with van der Waals surface area (Å²) in [4.78, 5) is 27.8. The number of carbonyl (C=O) groups excluding carboxylic acids is 2. The number of aryl methyl sites for hydroxylation is 1. The molecule has 0 unspecified atom stereocenters. The summed E-state index contributed by atoms with van der Waals surface area (Å²) in [5.74, 6) is -0.553. The van der Waals surface area contributed by atoms with E-state index in [2.05, 4.69) is 54.9 Å². The van der Waals surface area contributed by atoms with Crippen molar-refractivity contribution in [3.63, 3.8) is 0 Å². The minimum absolute atomic E-state index is 0.0509. The minimum Gasteiger partial charge on any atom is -0.342 e. The van der Waals surface area contributed by atoms with Crippen LogP contribution in [-0.4, -0.2) is 21.5 Å². The first-order valence-electron chi connectivity index (χ1n) is 12.0. The fourth-order valence-electron chi connectivity index (χ4n) is 4.58. The predicted octanol–water partition coefficient (Wildman–Crippen LogP) is 5.95. The van der Waals surface area contributed by atoms with E-state index in [1.54, 1.807) is 6.08 Å². The van der Waals surface area contributed by atoms with Crippen LogP contribution in [0, 0.1) is 6.92 Å². The molecular formula is C30H27N3O2S. The zero-order valence-electron chi connectivity index (χ0n) is 20.5. The summed E-state index contributed by atoms with van der Waals surface area (Å²) in [6.45, 7) is 6.99. The van der Waals surface area contributed by atoms with Crippen molar-refractivity contribution >= 4 is 51.8 Å². The number of thiocarbonyl (C=S) groups is 1. The second-order valence-electron chi connectivity index (χ2n) is 9.42. The Hall–Kier alpha value is -4.03. The highest BCUT2D eigenvalue weighted by molar-refractivity contribution is 7.80. The molecule has 6 heteroatoms. The Morgan fingerprint density at radius 2 is 1.72 bits per heavy atom. The Labute approximate surface area is 216 Å². The molecule has 2 heterocycles. The number of rotatable bonds is 5. The van der Waals surface area contributed by atoms with Crippen molar-refractivity contribution < 1.29 is 9.59 Å². The lowest BCUT2D eigenvalue weighted by Crippen LogP contribution is -2.54. The van der Waals surface area contributed by atoms with Gasteiger partial charge in [0.25, 0.3) is 11.8 Å². The van der Waals surface area contributed by atoms with Gasteiger partial charge in [0.2, 0.25) is 0 Å². The van der Waals surface area contributed by atoms with E-state index in [9.17, 15) is 9.59 Å². The highest BCUT2D eigenvalue weighted by Gasteiger charge is 2.34. The van der Waals surface area contributed by atoms with E-state index in [0.29, 0.717) is 18.2 Å². The summed E-state index contributed by atoms with van der Waals surface area (Å²) in [5, 5.41) is 3.75. The van der Waals surface area contributed by atoms with Crippen LogP contribution in [0.2, 0.25) is 0 Å². The summed E-state index contributed by atoms with van der Waals surface area (Å²) in [7, 11) is 0. The molecular weight excluding hydrogens is 466 g/mol. The van der Waals surface area contributed by atoms with Crippen molar-refractivity contribution in [3.05, 3.63) is 107 Å². The molecule has 0 saturated carbocycles. The third kappa shape index (κ3) is 4.48. The highest BCUT2D eigenvalue weighted by atomic mass is 32.1. The Kier molecular flexibility index (Phi) is 6.29. The number of aromatic nitrogens is 1. The van der Waals surface area contributed by atoms with Crippen molar-refractivity contribution in [2.75, 3.05) is 4.90 Å². The first kappa shape index (κ1) is 23.7. The van der Waals surface area contributed by atoms with Gasteiger partial charge < -0.3 is 4.57 Å². The molecule has 180 valence electrons. The summed E-state index contributed by atoms with van der Waals surface area (Å²) < 4.78 is 2.15. The van der Waals surface area contributed by atoms with Crippen LogP contribution in [0.3, 0.4) is 0 Å². The molecule has 2 amide bonds. The van der Waals surface area contributed by atoms with Gasteiger partial charge in [-0.25, -0.2) is 0 Å². The number of hydrogen-bond acceptors (Lipinski definition) is 3. The molecule has 1 aliphatic rings. The van der Waals surface area contributed by atoms with E-state index in [1.165, 1.54) is 16.0 Å². The smallest absolute Gasteiger partial charge is 0.270 e. The summed E-state index contributed by atoms with van der Waals surface area (Å²) in [5.41, 5.74) is 6.06. The van der Waals surface area contributed by atoms with Crippen molar-refractivity contribution in [1.82, 2.24) is 9.88 Å². The fraction of sp³-hybridized carbons (Fsp3) is 0.167. The highest BCUT2D eigenvalue weighted by Crippen LogP contribution is 2.28. The first-order chi connectivity index (χ1) is 17.3. The van der Waals surface area contributed by atoms with Gasteiger partial charge in [-0.3, -0.25) is 19.8 Å². The number of fused-ring (bicyclic) bond motifs is 1. The zero-order chi connectivity index (χ0) is 25.4. The normalized spacial score (nSPS) is 15.3. The second kappa shape index (κ2) is 9.55. The lowest BCUT2D eigenvalue weighted by molar-refractivity contribution is -0.122. The molecule has 5 nitrogen and oxygen atoms in total. The third-order valence-electron chi connectivity index (χ3n) is 6.47. The second-order valence-corrected chi connectivity index (χ2v) is 9.81. The molecule has 1 saturated heterocycles. The first-order valence-corrected chi connectivity index (χ1v) is 12.4. The Bertz CT molecular complexity index is 1530. The quantitative estimate of drug-likeness (QED) is 0.212. The van der Waals surface area contributed by atoms with Crippen LogP contribution in [0.5, 0.6) is 0 Å². The van der Waals surface area contributed by atoms with Gasteiger partial charge in [0, 0.05) is 29.2 Å². The van der Waals surface area contributed by atoms with Crippen LogP contribution >= 0.6 is 12.2 Å². The molecule has 1 N–H and O–H groups in total. The Morgan fingerprint density at radius 3 is 2.44 bits per heavy atom. The van der Waals surface area contributed by atoms with Crippen molar-refractivity contribution in [1.29, 1.82) is 0 Å². The minimum atomic E-state index is -0.490. The van der Waals surface area contributed by atoms with E-state index >= 15 is 0 Å². The number of benzene rings is 3. The van der Waals surface area contributed by atoms with Gasteiger partial charge in [-0.2, -0.15) is 0 Å². The van der Waals surface area contributed by atoms with E-state index in [1.807, 2.05) is 54.7 Å². The van der Waals surface area contributed by atoms with Crippen LogP contribution < -0.4 is 10.2 Å². The summed E-state index contributed by atoms with van der Waals surface area (Å²) >= 11 is 5.37. The molecule has 0 aliphatic carbocycles. The lowest BCUT2D eigenvalue weighted by atomic mass is 10.0. The lowest BCUT2D eigenvalue weighted by Gasteiger charge is -2.29. The predicted molar refractivity (Wildman–Crippen MR) is 149 cm³/mol. The Balaban J connectivity index is 1.54. The van der Waals surface area contributed by atoms with Crippen molar-refractivity contribution in [2.45, 2.75) is 33.2 Å². The number of hydrogen-bond donors (Lipinski definition) is 1. The molecule has 4 aromatic rings. The Morgan fingerprint density at radius 1 is 0.972 bits per heavy atom. The van der Waals surface area contributed by atoms with Crippen LogP contribution in [0.1, 0.15) is 42.0 Å². The van der Waals surface area contributed by atoms with Crippen molar-refractivity contribution in [2.24, 2.45) is 0 Å². The summed E-state index contributed by atoms with van der Waals surface area (Å²) in [6, 6.07) is 24.1. The average molecular weight is 494 g/mol. The molecule has 36 heavy (non-hydrogen) atoms. The maximum atomic E-state index is 13.5. The third-order valence-corrected chi connectivity index (χ3v) is 6.76. The van der Waals surface area contributed by atoms with Crippen molar-refractivity contribution in [3.8, 4) is 0 Å². The molecule has 1 aliphatic heterocycles. The van der Waals surface area contributed by atoms with Gasteiger partial charge >= 0.3 is 0 Å². The van der Waals surface area contributed by atoms with Gasteiger partial charge in [-0.15, -0.1) is 0 Å². The van der Waals surface area contributed by atoms with Gasteiger partial charge in [0.05, 0.1) is 5.69 Å². The molecule has 5 rings (SSSR count). The number of amides is 2. The number of para-hydroxylation sites is 1. The van der Waals surface area contributed by atoms with E-state index in [-0.39, 0.29) is 10.7 Å². The number of nitrogens with one attached hydrogen (secondary N) is 1. The molecule has 0 spiro atoms. The zero-order valence-corrected chi connectivity index (χ0v) is 21.3. The van der Waals surface area contributed by atoms with Gasteiger partial charge in [0.15, 0.2) is 5.11 Å². The largest absolute Gasteiger partial charge is 0.342 e. The monoisotopic (exact) mass is 493 g/mol. The standard InChI is InChI=1S/C30H27N3O2S/c1-19(2)22-11-13-24(14-12-22)33-29(35)26(28(34)31-30(33)36)16-23-18-32(27-10-5-4-9-25(23)27)17-21-8-6-7-20(3)15-21/h4-16,18-19H,17H2,1-3H3,(H,31,34,36)/b26-16+. The van der Waals surface area contributed by atoms with Crippen LogP contribution in [0.4, 0.5) is 5.69 Å². The molecule has 0 radical (unpaired) electrons. The van der Waals surface area contributed by atoms with Crippen LogP contribution in [-0.2, 0) is 16.1 Å². The maximum Gasteiger partial charge on any atom is 0.270 e. The van der Waals surface area contributed by atoms with Crippen LogP contribution in [0.25, 0.3) is 17.0 Å². The van der Waals surface area contributed by atoms with E-state index in [0.717, 1.165) is 22.0 Å². The van der Waals surface area contributed by atoms with E-state index in [4.69, 9.17) is 12.2 Å². The molecule has 1 aromatic heterocycles. The SMILES string of the molecule is Cc1cccc(Cn2cc(/C=C3\C(=O)NC(=S)N(c4ccc(C(C)C)cc4)C3=O)c3ccccc32)c1. The summed E-state index contributed by atoms with van der Waals surface area (Å²) in [6.07, 6.45) is 3.67. The van der Waals surface area contributed by atoms with Gasteiger partial charge in [0.1, 0.15) is 5.57 Å². The number of anilines is 1. The maximum absolute atomic E-state index is 13.5. The fourth-order valence-corrected chi connectivity index (χ4v) is 4.86. The van der Waals surface area contributed by atoms with Crippen LogP contribution in [0.15, 0.2) is 84.6 Å². The molecule has 0 atom stereocenters.